The molecule has 2 rings (SSSR count). The first kappa shape index (κ1) is 15.0. The third kappa shape index (κ3) is 2.23. The van der Waals surface area contributed by atoms with Gasteiger partial charge in [-0.15, -0.1) is 0 Å². The molecular formula is C17H22FNO. The fourth-order valence-electron chi connectivity index (χ4n) is 3.70. The Hall–Kier alpha value is -1.40. The van der Waals surface area contributed by atoms with Crippen molar-refractivity contribution in [1.29, 1.82) is 5.26 Å². The van der Waals surface area contributed by atoms with Crippen molar-refractivity contribution >= 4 is 0 Å². The lowest BCUT2D eigenvalue weighted by Crippen LogP contribution is -2.47. The standard InChI is InChI=1S/C17H22FNO/c1-3-17(20,14-8-4-5-9-15(14)18)16(12-19)10-6-7-13(2)11-16/h4-5,8-9,13,20H,3,6-7,10-11H2,1-2H3. The number of hydrogen-bond acceptors (Lipinski definition) is 2. The lowest BCUT2D eigenvalue weighted by atomic mass is 9.58. The molecule has 0 bridgehead atoms. The van der Waals surface area contributed by atoms with Crippen LogP contribution in [0.15, 0.2) is 24.3 Å². The molecule has 0 aromatic heterocycles. The molecule has 1 saturated carbocycles. The second-order valence-electron chi connectivity index (χ2n) is 6.09. The molecule has 3 heteroatoms. The Kier molecular flexibility index (Phi) is 4.15. The largest absolute Gasteiger partial charge is 0.383 e. The summed E-state index contributed by atoms with van der Waals surface area (Å²) < 4.78 is 14.2. The van der Waals surface area contributed by atoms with Crippen LogP contribution in [0.2, 0.25) is 0 Å². The van der Waals surface area contributed by atoms with Crippen molar-refractivity contribution < 1.29 is 9.50 Å². The van der Waals surface area contributed by atoms with Gasteiger partial charge in [0, 0.05) is 5.56 Å². The average molecular weight is 275 g/mol. The molecule has 1 aromatic rings. The minimum Gasteiger partial charge on any atom is -0.383 e. The van der Waals surface area contributed by atoms with E-state index in [2.05, 4.69) is 13.0 Å². The van der Waals surface area contributed by atoms with Crippen LogP contribution in [0, 0.1) is 28.5 Å². The van der Waals surface area contributed by atoms with Gasteiger partial charge in [0.25, 0.3) is 0 Å². The van der Waals surface area contributed by atoms with Crippen LogP contribution in [0.4, 0.5) is 4.39 Å². The molecule has 0 saturated heterocycles. The van der Waals surface area contributed by atoms with Crippen LogP contribution in [0.25, 0.3) is 0 Å². The fourth-order valence-corrected chi connectivity index (χ4v) is 3.70. The number of rotatable bonds is 3. The molecule has 1 aliphatic carbocycles. The van der Waals surface area contributed by atoms with Gasteiger partial charge in [-0.2, -0.15) is 5.26 Å². The Morgan fingerprint density at radius 3 is 2.75 bits per heavy atom. The third-order valence-corrected chi connectivity index (χ3v) is 4.83. The smallest absolute Gasteiger partial charge is 0.129 e. The van der Waals surface area contributed by atoms with Crippen LogP contribution in [0.1, 0.15) is 51.5 Å². The van der Waals surface area contributed by atoms with Gasteiger partial charge in [-0.1, -0.05) is 44.9 Å². The van der Waals surface area contributed by atoms with Crippen molar-refractivity contribution in [1.82, 2.24) is 0 Å². The summed E-state index contributed by atoms with van der Waals surface area (Å²) in [6.45, 7) is 3.92. The van der Waals surface area contributed by atoms with E-state index in [1.165, 1.54) is 6.07 Å². The Labute approximate surface area is 120 Å². The van der Waals surface area contributed by atoms with Gasteiger partial charge in [0.05, 0.1) is 11.5 Å². The molecule has 1 fully saturated rings. The van der Waals surface area contributed by atoms with Crippen LogP contribution in [0.3, 0.4) is 0 Å². The normalized spacial score (nSPS) is 29.4. The first-order valence-corrected chi connectivity index (χ1v) is 7.38. The molecular weight excluding hydrogens is 253 g/mol. The number of halogens is 1. The maximum atomic E-state index is 14.2. The minimum absolute atomic E-state index is 0.262. The highest BCUT2D eigenvalue weighted by molar-refractivity contribution is 5.30. The van der Waals surface area contributed by atoms with Crippen LogP contribution in [-0.2, 0) is 5.60 Å². The summed E-state index contributed by atoms with van der Waals surface area (Å²) in [6.07, 6.45) is 3.58. The molecule has 1 N–H and O–H groups in total. The van der Waals surface area contributed by atoms with Gasteiger partial charge in [0.2, 0.25) is 0 Å². The van der Waals surface area contributed by atoms with Crippen molar-refractivity contribution in [2.75, 3.05) is 0 Å². The SMILES string of the molecule is CCC(O)(c1ccccc1F)C1(C#N)CCCC(C)C1. The van der Waals surface area contributed by atoms with Gasteiger partial charge in [0.1, 0.15) is 11.4 Å². The summed E-state index contributed by atoms with van der Waals surface area (Å²) in [4.78, 5) is 0. The highest BCUT2D eigenvalue weighted by Gasteiger charge is 2.53. The van der Waals surface area contributed by atoms with Crippen LogP contribution in [0.5, 0.6) is 0 Å². The Morgan fingerprint density at radius 2 is 2.20 bits per heavy atom. The summed E-state index contributed by atoms with van der Waals surface area (Å²) in [5, 5.41) is 20.9. The summed E-state index contributed by atoms with van der Waals surface area (Å²) in [5.41, 5.74) is -2.04. The van der Waals surface area contributed by atoms with Gasteiger partial charge in [-0.25, -0.2) is 4.39 Å². The highest BCUT2D eigenvalue weighted by Crippen LogP contribution is 2.53. The molecule has 0 aliphatic heterocycles. The predicted molar refractivity (Wildman–Crippen MR) is 76.3 cm³/mol. The van der Waals surface area contributed by atoms with Gasteiger partial charge >= 0.3 is 0 Å². The van der Waals surface area contributed by atoms with Crippen molar-refractivity contribution in [3.63, 3.8) is 0 Å². The first-order chi connectivity index (χ1) is 9.49. The van der Waals surface area contributed by atoms with Crippen LogP contribution >= 0.6 is 0 Å². The molecule has 0 spiro atoms. The molecule has 20 heavy (non-hydrogen) atoms. The van der Waals surface area contributed by atoms with E-state index < -0.39 is 16.8 Å². The Balaban J connectivity index is 2.54. The number of benzene rings is 1. The number of nitriles is 1. The van der Waals surface area contributed by atoms with Gasteiger partial charge < -0.3 is 5.11 Å². The summed E-state index contributed by atoms with van der Waals surface area (Å²) >= 11 is 0. The summed E-state index contributed by atoms with van der Waals surface area (Å²) in [6, 6.07) is 8.64. The fraction of sp³-hybridized carbons (Fsp3) is 0.588. The molecule has 1 aromatic carbocycles. The third-order valence-electron chi connectivity index (χ3n) is 4.83. The highest BCUT2D eigenvalue weighted by atomic mass is 19.1. The van der Waals surface area contributed by atoms with Crippen LogP contribution < -0.4 is 0 Å². The van der Waals surface area contributed by atoms with Crippen molar-refractivity contribution in [2.45, 2.75) is 51.6 Å². The Bertz CT molecular complexity index is 524. The summed E-state index contributed by atoms with van der Waals surface area (Å²) in [7, 11) is 0. The van der Waals surface area contributed by atoms with Gasteiger partial charge in [0.15, 0.2) is 0 Å². The molecule has 3 atom stereocenters. The van der Waals surface area contributed by atoms with Crippen LogP contribution in [-0.4, -0.2) is 5.11 Å². The van der Waals surface area contributed by atoms with E-state index in [-0.39, 0.29) is 5.56 Å². The van der Waals surface area contributed by atoms with Crippen molar-refractivity contribution in [2.24, 2.45) is 11.3 Å². The van der Waals surface area contributed by atoms with E-state index in [9.17, 15) is 14.8 Å². The first-order valence-electron chi connectivity index (χ1n) is 7.38. The predicted octanol–water partition coefficient (Wildman–Crippen LogP) is 4.14. The van der Waals surface area contributed by atoms with Gasteiger partial charge in [-0.05, 0) is 31.2 Å². The monoisotopic (exact) mass is 275 g/mol. The number of aliphatic hydroxyl groups is 1. The number of hydrogen-bond donors (Lipinski definition) is 1. The zero-order valence-electron chi connectivity index (χ0n) is 12.2. The molecule has 3 unspecified atom stereocenters. The minimum atomic E-state index is -1.41. The summed E-state index contributed by atoms with van der Waals surface area (Å²) in [5.74, 6) is -0.0436. The second kappa shape index (κ2) is 5.54. The maximum absolute atomic E-state index is 14.2. The topological polar surface area (TPSA) is 44.0 Å². The molecule has 0 radical (unpaired) electrons. The van der Waals surface area contributed by atoms with E-state index in [0.29, 0.717) is 25.2 Å². The Morgan fingerprint density at radius 1 is 1.50 bits per heavy atom. The molecule has 0 heterocycles. The quantitative estimate of drug-likeness (QED) is 0.900. The average Bonchev–Trinajstić information content (AvgIpc) is 2.46. The zero-order chi connectivity index (χ0) is 14.8. The van der Waals surface area contributed by atoms with E-state index in [1.807, 2.05) is 6.92 Å². The van der Waals surface area contributed by atoms with E-state index in [0.717, 1.165) is 12.8 Å². The lowest BCUT2D eigenvalue weighted by molar-refractivity contribution is -0.0921. The molecule has 0 amide bonds. The van der Waals surface area contributed by atoms with E-state index in [1.54, 1.807) is 18.2 Å². The second-order valence-corrected chi connectivity index (χ2v) is 6.09. The molecule has 108 valence electrons. The van der Waals surface area contributed by atoms with Crippen molar-refractivity contribution in [3.05, 3.63) is 35.6 Å². The maximum Gasteiger partial charge on any atom is 0.129 e. The van der Waals surface area contributed by atoms with E-state index in [4.69, 9.17) is 0 Å². The number of nitrogens with zero attached hydrogens (tertiary/aromatic N) is 1. The van der Waals surface area contributed by atoms with E-state index >= 15 is 0 Å². The van der Waals surface area contributed by atoms with Crippen molar-refractivity contribution in [3.8, 4) is 6.07 Å². The molecule has 1 aliphatic rings. The zero-order valence-corrected chi connectivity index (χ0v) is 12.2. The molecule has 2 nitrogen and oxygen atoms in total. The van der Waals surface area contributed by atoms with Gasteiger partial charge in [-0.3, -0.25) is 0 Å². The lowest BCUT2D eigenvalue weighted by Gasteiger charge is -2.46.